The van der Waals surface area contributed by atoms with Gasteiger partial charge in [-0.05, 0) is 80.8 Å². The minimum Gasteiger partial charge on any atom is -0.494 e. The predicted molar refractivity (Wildman–Crippen MR) is 162 cm³/mol. The number of carbonyl (C=O) groups excluding carboxylic acids is 2. The van der Waals surface area contributed by atoms with Crippen molar-refractivity contribution in [1.82, 2.24) is 10.2 Å². The summed E-state index contributed by atoms with van der Waals surface area (Å²) in [5, 5.41) is 2.89. The van der Waals surface area contributed by atoms with Crippen molar-refractivity contribution in [2.45, 2.75) is 64.4 Å². The number of halogens is 1. The van der Waals surface area contributed by atoms with Crippen molar-refractivity contribution in [3.63, 3.8) is 0 Å². The summed E-state index contributed by atoms with van der Waals surface area (Å²) in [5.74, 6) is -0.780. The lowest BCUT2D eigenvalue weighted by atomic mass is 10.1. The third-order valence-corrected chi connectivity index (χ3v) is 8.59. The fraction of sp³-hybridized carbons (Fsp3) is 0.375. The fourth-order valence-corrected chi connectivity index (χ4v) is 5.87. The third-order valence-electron chi connectivity index (χ3n) is 6.81. The molecule has 0 fully saturated rings. The van der Waals surface area contributed by atoms with Gasteiger partial charge in [0, 0.05) is 13.1 Å². The molecule has 0 aromatic heterocycles. The van der Waals surface area contributed by atoms with Crippen LogP contribution in [0.25, 0.3) is 0 Å². The van der Waals surface area contributed by atoms with Crippen LogP contribution in [0.3, 0.4) is 0 Å². The van der Waals surface area contributed by atoms with E-state index in [4.69, 9.17) is 4.74 Å². The molecule has 1 atom stereocenters. The molecule has 1 N–H and O–H groups in total. The lowest BCUT2D eigenvalue weighted by Gasteiger charge is -2.33. The number of aryl methyl sites for hydroxylation is 1. The van der Waals surface area contributed by atoms with E-state index in [0.717, 1.165) is 22.7 Å². The fourth-order valence-electron chi connectivity index (χ4n) is 4.45. The molecule has 8 nitrogen and oxygen atoms in total. The maximum absolute atomic E-state index is 14.1. The smallest absolute Gasteiger partial charge is 0.264 e. The SMILES string of the molecule is CCCCNC(=O)C(CC)N(Cc1ccc(F)cc1)C(=O)CN(c1ccc(C)cc1)S(=O)(=O)c1ccc(OCC)cc1. The first kappa shape index (κ1) is 32.6. The van der Waals surface area contributed by atoms with Gasteiger partial charge >= 0.3 is 0 Å². The highest BCUT2D eigenvalue weighted by Crippen LogP contribution is 2.26. The van der Waals surface area contributed by atoms with Crippen molar-refractivity contribution >= 4 is 27.5 Å². The van der Waals surface area contributed by atoms with Crippen molar-refractivity contribution in [3.05, 3.63) is 89.7 Å². The first-order valence-corrected chi connectivity index (χ1v) is 15.7. The lowest BCUT2D eigenvalue weighted by Crippen LogP contribution is -2.52. The maximum atomic E-state index is 14.1. The average molecular weight is 598 g/mol. The van der Waals surface area contributed by atoms with Crippen LogP contribution in [0.15, 0.2) is 77.7 Å². The van der Waals surface area contributed by atoms with E-state index in [1.807, 2.05) is 20.8 Å². The number of nitrogens with zero attached hydrogens (tertiary/aromatic N) is 2. The number of hydrogen-bond acceptors (Lipinski definition) is 5. The van der Waals surface area contributed by atoms with Gasteiger partial charge in [0.25, 0.3) is 10.0 Å². The summed E-state index contributed by atoms with van der Waals surface area (Å²) in [6.45, 7) is 7.88. The monoisotopic (exact) mass is 597 g/mol. The van der Waals surface area contributed by atoms with E-state index in [1.54, 1.807) is 55.5 Å². The number of ether oxygens (including phenoxy) is 1. The number of carbonyl (C=O) groups is 2. The molecule has 3 aromatic rings. The molecule has 0 aliphatic rings. The third kappa shape index (κ3) is 8.55. The molecule has 0 saturated heterocycles. The van der Waals surface area contributed by atoms with Gasteiger partial charge in [-0.2, -0.15) is 0 Å². The molecular weight excluding hydrogens is 557 g/mol. The summed E-state index contributed by atoms with van der Waals surface area (Å²) >= 11 is 0. The van der Waals surface area contributed by atoms with Crippen LogP contribution >= 0.6 is 0 Å². The van der Waals surface area contributed by atoms with Gasteiger partial charge in [0.05, 0.1) is 17.2 Å². The zero-order valence-electron chi connectivity index (χ0n) is 24.7. The minimum atomic E-state index is -4.20. The van der Waals surface area contributed by atoms with Crippen molar-refractivity contribution < 1.29 is 27.1 Å². The predicted octanol–water partition coefficient (Wildman–Crippen LogP) is 5.45. The Balaban J connectivity index is 2.02. The van der Waals surface area contributed by atoms with Gasteiger partial charge in [0.1, 0.15) is 24.2 Å². The highest BCUT2D eigenvalue weighted by atomic mass is 32.2. The topological polar surface area (TPSA) is 96.0 Å². The summed E-state index contributed by atoms with van der Waals surface area (Å²) in [4.78, 5) is 28.7. The average Bonchev–Trinajstić information content (AvgIpc) is 2.98. The van der Waals surface area contributed by atoms with Gasteiger partial charge in [0.15, 0.2) is 0 Å². The number of amides is 2. The molecule has 0 aliphatic heterocycles. The maximum Gasteiger partial charge on any atom is 0.264 e. The molecule has 0 aliphatic carbocycles. The van der Waals surface area contributed by atoms with Gasteiger partial charge in [-0.1, -0.05) is 50.1 Å². The van der Waals surface area contributed by atoms with Crippen LogP contribution in [0.5, 0.6) is 5.75 Å². The van der Waals surface area contributed by atoms with E-state index >= 15 is 0 Å². The Morgan fingerprint density at radius 3 is 2.14 bits per heavy atom. The van der Waals surface area contributed by atoms with E-state index in [0.29, 0.717) is 36.6 Å². The van der Waals surface area contributed by atoms with E-state index < -0.39 is 34.3 Å². The molecule has 3 aromatic carbocycles. The Hall–Kier alpha value is -3.92. The summed E-state index contributed by atoms with van der Waals surface area (Å²) in [6, 6.07) is 17.7. The number of rotatable bonds is 15. The highest BCUT2D eigenvalue weighted by Gasteiger charge is 2.33. The molecule has 0 bridgehead atoms. The first-order chi connectivity index (χ1) is 20.1. The molecule has 0 saturated carbocycles. The minimum absolute atomic E-state index is 0.00363. The number of anilines is 1. The van der Waals surface area contributed by atoms with Gasteiger partial charge in [0.2, 0.25) is 11.8 Å². The lowest BCUT2D eigenvalue weighted by molar-refractivity contribution is -0.140. The molecule has 3 rings (SSSR count). The number of hydrogen-bond donors (Lipinski definition) is 1. The second kappa shape index (κ2) is 15.3. The van der Waals surface area contributed by atoms with Crippen molar-refractivity contribution in [2.24, 2.45) is 0 Å². The van der Waals surface area contributed by atoms with Gasteiger partial charge in [-0.3, -0.25) is 13.9 Å². The van der Waals surface area contributed by atoms with Crippen molar-refractivity contribution in [2.75, 3.05) is 24.0 Å². The number of sulfonamides is 1. The Kier molecular flexibility index (Phi) is 11.9. The quantitative estimate of drug-likeness (QED) is 0.235. The number of benzene rings is 3. The summed E-state index contributed by atoms with van der Waals surface area (Å²) in [7, 11) is -4.20. The van der Waals surface area contributed by atoms with Crippen LogP contribution in [0, 0.1) is 12.7 Å². The molecule has 1 unspecified atom stereocenters. The second-order valence-corrected chi connectivity index (χ2v) is 11.8. The molecule has 0 spiro atoms. The first-order valence-electron chi connectivity index (χ1n) is 14.2. The molecule has 0 radical (unpaired) electrons. The Morgan fingerprint density at radius 1 is 0.929 bits per heavy atom. The van der Waals surface area contributed by atoms with Crippen LogP contribution in [0.2, 0.25) is 0 Å². The summed E-state index contributed by atoms with van der Waals surface area (Å²) < 4.78 is 48.1. The number of nitrogens with one attached hydrogen (secondary N) is 1. The van der Waals surface area contributed by atoms with E-state index in [9.17, 15) is 22.4 Å². The van der Waals surface area contributed by atoms with Gasteiger partial charge in [-0.15, -0.1) is 0 Å². The Morgan fingerprint density at radius 2 is 1.57 bits per heavy atom. The van der Waals surface area contributed by atoms with Crippen LogP contribution in [-0.4, -0.2) is 50.9 Å². The van der Waals surface area contributed by atoms with Crippen molar-refractivity contribution in [1.29, 1.82) is 0 Å². The normalized spacial score (nSPS) is 11.9. The largest absolute Gasteiger partial charge is 0.494 e. The molecule has 42 heavy (non-hydrogen) atoms. The van der Waals surface area contributed by atoms with Crippen LogP contribution in [0.1, 0.15) is 51.2 Å². The Bertz CT molecular complexity index is 1410. The van der Waals surface area contributed by atoms with Crippen LogP contribution in [-0.2, 0) is 26.2 Å². The molecule has 0 heterocycles. The highest BCUT2D eigenvalue weighted by molar-refractivity contribution is 7.92. The van der Waals surface area contributed by atoms with Crippen LogP contribution < -0.4 is 14.4 Å². The molecule has 10 heteroatoms. The second-order valence-electron chi connectivity index (χ2n) is 9.97. The van der Waals surface area contributed by atoms with E-state index in [1.165, 1.54) is 29.2 Å². The van der Waals surface area contributed by atoms with E-state index in [2.05, 4.69) is 5.32 Å². The standard InChI is InChI=1S/C32H40FN3O5S/c1-5-8-21-34-32(38)30(6-2)35(22-25-11-13-26(33)14-12-25)31(37)23-36(27-15-9-24(4)10-16-27)42(39,40)29-19-17-28(18-20-29)41-7-3/h9-20,30H,5-8,21-23H2,1-4H3,(H,34,38). The van der Waals surface area contributed by atoms with E-state index in [-0.39, 0.29) is 17.3 Å². The van der Waals surface area contributed by atoms with Gasteiger partial charge < -0.3 is 15.0 Å². The van der Waals surface area contributed by atoms with Crippen molar-refractivity contribution in [3.8, 4) is 5.75 Å². The zero-order chi connectivity index (χ0) is 30.7. The summed E-state index contributed by atoms with van der Waals surface area (Å²) in [5.41, 5.74) is 1.85. The molecule has 226 valence electrons. The molecule has 2 amide bonds. The molecular formula is C32H40FN3O5S. The summed E-state index contributed by atoms with van der Waals surface area (Å²) in [6.07, 6.45) is 1.99. The zero-order valence-corrected chi connectivity index (χ0v) is 25.5. The Labute approximate surface area is 248 Å². The number of unbranched alkanes of at least 4 members (excludes halogenated alkanes) is 1. The van der Waals surface area contributed by atoms with Crippen LogP contribution in [0.4, 0.5) is 10.1 Å². The van der Waals surface area contributed by atoms with Gasteiger partial charge in [-0.25, -0.2) is 12.8 Å².